The van der Waals surface area contributed by atoms with Crippen molar-refractivity contribution in [2.45, 2.75) is 39.3 Å². The fraction of sp³-hybridized carbons (Fsp3) is 0.550. The van der Waals surface area contributed by atoms with Gasteiger partial charge in [-0.05, 0) is 24.1 Å². The number of aldehydes is 1. The number of amides is 2. The Bertz CT molecular complexity index is 671. The van der Waals surface area contributed by atoms with Crippen LogP contribution in [0.15, 0.2) is 18.2 Å². The molecule has 0 saturated carbocycles. The molecule has 0 aliphatic carbocycles. The summed E-state index contributed by atoms with van der Waals surface area (Å²) >= 11 is 0. The topological polar surface area (TPSA) is 81.8 Å². The van der Waals surface area contributed by atoms with Gasteiger partial charge in [-0.25, -0.2) is 0 Å². The van der Waals surface area contributed by atoms with E-state index in [0.717, 1.165) is 43.7 Å². The summed E-state index contributed by atoms with van der Waals surface area (Å²) < 4.78 is 0. The molecular weight excluding hydrogens is 344 g/mol. The van der Waals surface area contributed by atoms with Crippen molar-refractivity contribution in [2.75, 3.05) is 38.1 Å². The van der Waals surface area contributed by atoms with E-state index in [4.69, 9.17) is 0 Å². The SMILES string of the molecule is CC.CNC(=O)C(CCC=O)N1Cc2ccc(N3CCNCC3)cc2C1=O. The van der Waals surface area contributed by atoms with Gasteiger partial charge in [0.1, 0.15) is 12.3 Å². The molecule has 148 valence electrons. The van der Waals surface area contributed by atoms with Gasteiger partial charge in [0.05, 0.1) is 0 Å². The van der Waals surface area contributed by atoms with E-state index in [1.54, 1.807) is 11.9 Å². The highest BCUT2D eigenvalue weighted by Gasteiger charge is 2.36. The smallest absolute Gasteiger partial charge is 0.255 e. The largest absolute Gasteiger partial charge is 0.369 e. The van der Waals surface area contributed by atoms with Crippen molar-refractivity contribution in [1.29, 1.82) is 0 Å². The van der Waals surface area contributed by atoms with Gasteiger partial charge in [-0.2, -0.15) is 0 Å². The molecule has 2 amide bonds. The van der Waals surface area contributed by atoms with E-state index in [0.29, 0.717) is 18.5 Å². The molecule has 1 aromatic carbocycles. The van der Waals surface area contributed by atoms with Gasteiger partial charge in [-0.3, -0.25) is 9.59 Å². The lowest BCUT2D eigenvalue weighted by Gasteiger charge is -2.29. The molecule has 2 N–H and O–H groups in total. The number of rotatable bonds is 6. The Morgan fingerprint density at radius 1 is 1.30 bits per heavy atom. The highest BCUT2D eigenvalue weighted by molar-refractivity contribution is 6.01. The van der Waals surface area contributed by atoms with Crippen molar-refractivity contribution in [1.82, 2.24) is 15.5 Å². The number of piperazine rings is 1. The molecule has 3 rings (SSSR count). The van der Waals surface area contributed by atoms with Gasteiger partial charge in [0.2, 0.25) is 5.91 Å². The number of likely N-dealkylation sites (N-methyl/N-ethyl adjacent to an activating group) is 1. The molecule has 0 aromatic heterocycles. The Morgan fingerprint density at radius 3 is 2.63 bits per heavy atom. The lowest BCUT2D eigenvalue weighted by Crippen LogP contribution is -2.46. The zero-order chi connectivity index (χ0) is 19.8. The summed E-state index contributed by atoms with van der Waals surface area (Å²) in [6.07, 6.45) is 1.38. The summed E-state index contributed by atoms with van der Waals surface area (Å²) in [5, 5.41) is 5.91. The van der Waals surface area contributed by atoms with Crippen molar-refractivity contribution < 1.29 is 14.4 Å². The Kier molecular flexibility index (Phi) is 7.79. The van der Waals surface area contributed by atoms with Crippen LogP contribution < -0.4 is 15.5 Å². The average Bonchev–Trinajstić information content (AvgIpc) is 3.06. The Hall–Kier alpha value is -2.41. The maximum atomic E-state index is 12.9. The Balaban J connectivity index is 0.00000126. The second-order valence-corrected chi connectivity index (χ2v) is 6.39. The summed E-state index contributed by atoms with van der Waals surface area (Å²) in [4.78, 5) is 39.6. The van der Waals surface area contributed by atoms with Gasteiger partial charge in [-0.1, -0.05) is 19.9 Å². The molecular formula is C20H30N4O3. The molecule has 1 saturated heterocycles. The predicted octanol–water partition coefficient (Wildman–Crippen LogP) is 1.17. The van der Waals surface area contributed by atoms with Gasteiger partial charge in [0.25, 0.3) is 5.91 Å². The van der Waals surface area contributed by atoms with Gasteiger partial charge in [0.15, 0.2) is 0 Å². The maximum absolute atomic E-state index is 12.9. The van der Waals surface area contributed by atoms with Crippen LogP contribution in [0.5, 0.6) is 0 Å². The number of fused-ring (bicyclic) bond motifs is 1. The second-order valence-electron chi connectivity index (χ2n) is 6.39. The van der Waals surface area contributed by atoms with Crippen molar-refractivity contribution in [3.8, 4) is 0 Å². The monoisotopic (exact) mass is 374 g/mol. The van der Waals surface area contributed by atoms with Crippen LogP contribution in [0.4, 0.5) is 5.69 Å². The van der Waals surface area contributed by atoms with Crippen LogP contribution in [-0.4, -0.2) is 62.3 Å². The fourth-order valence-corrected chi connectivity index (χ4v) is 3.50. The predicted molar refractivity (Wildman–Crippen MR) is 106 cm³/mol. The normalized spacial score (nSPS) is 16.9. The first kappa shape index (κ1) is 20.9. The zero-order valence-electron chi connectivity index (χ0n) is 16.5. The first-order valence-electron chi connectivity index (χ1n) is 9.70. The molecule has 2 aliphatic heterocycles. The maximum Gasteiger partial charge on any atom is 0.255 e. The summed E-state index contributed by atoms with van der Waals surface area (Å²) in [7, 11) is 1.55. The minimum absolute atomic E-state index is 0.133. The standard InChI is InChI=1S/C18H24N4O3.C2H6/c1-19-17(24)16(3-2-10-23)22-12-13-4-5-14(11-15(13)18(22)25)21-8-6-20-7-9-21;1-2/h4-5,10-11,16,20H,2-3,6-9,12H2,1H3,(H,19,24);1-2H3. The van der Waals surface area contributed by atoms with Crippen molar-refractivity contribution in [2.24, 2.45) is 0 Å². The van der Waals surface area contributed by atoms with Crippen molar-refractivity contribution in [3.05, 3.63) is 29.3 Å². The van der Waals surface area contributed by atoms with E-state index >= 15 is 0 Å². The minimum atomic E-state index is -0.613. The highest BCUT2D eigenvalue weighted by atomic mass is 16.2. The van der Waals surface area contributed by atoms with Crippen LogP contribution in [-0.2, 0) is 16.1 Å². The Labute approximate surface area is 161 Å². The quantitative estimate of drug-likeness (QED) is 0.731. The molecule has 0 spiro atoms. The number of carbonyl (C=O) groups excluding carboxylic acids is 3. The van der Waals surface area contributed by atoms with Crippen LogP contribution >= 0.6 is 0 Å². The summed E-state index contributed by atoms with van der Waals surface area (Å²) in [6, 6.07) is 5.34. The number of benzene rings is 1. The van der Waals surface area contributed by atoms with Gasteiger partial charge < -0.3 is 25.2 Å². The lowest BCUT2D eigenvalue weighted by atomic mass is 10.1. The van der Waals surface area contributed by atoms with Crippen LogP contribution in [0.25, 0.3) is 0 Å². The van der Waals surface area contributed by atoms with Crippen LogP contribution in [0.2, 0.25) is 0 Å². The average molecular weight is 374 g/mol. The van der Waals surface area contributed by atoms with E-state index in [9.17, 15) is 14.4 Å². The van der Waals surface area contributed by atoms with E-state index in [1.165, 1.54) is 0 Å². The van der Waals surface area contributed by atoms with E-state index in [2.05, 4.69) is 15.5 Å². The summed E-state index contributed by atoms with van der Waals surface area (Å²) in [5.41, 5.74) is 2.64. The third-order valence-corrected chi connectivity index (χ3v) is 4.89. The van der Waals surface area contributed by atoms with Gasteiger partial charge in [-0.15, -0.1) is 0 Å². The molecule has 1 fully saturated rings. The van der Waals surface area contributed by atoms with Crippen LogP contribution in [0, 0.1) is 0 Å². The van der Waals surface area contributed by atoms with Gasteiger partial charge >= 0.3 is 0 Å². The molecule has 2 aliphatic rings. The number of nitrogens with zero attached hydrogens (tertiary/aromatic N) is 2. The number of hydrogen-bond donors (Lipinski definition) is 2. The third-order valence-electron chi connectivity index (χ3n) is 4.89. The number of hydrogen-bond acceptors (Lipinski definition) is 5. The molecule has 1 unspecified atom stereocenters. The molecule has 7 nitrogen and oxygen atoms in total. The summed E-state index contributed by atoms with van der Waals surface area (Å²) in [6.45, 7) is 8.10. The molecule has 0 bridgehead atoms. The third kappa shape index (κ3) is 4.66. The molecule has 27 heavy (non-hydrogen) atoms. The minimum Gasteiger partial charge on any atom is -0.369 e. The number of nitrogens with one attached hydrogen (secondary N) is 2. The Morgan fingerprint density at radius 2 is 2.00 bits per heavy atom. The first-order chi connectivity index (χ1) is 13.2. The highest BCUT2D eigenvalue weighted by Crippen LogP contribution is 2.30. The van der Waals surface area contributed by atoms with Crippen LogP contribution in [0.3, 0.4) is 0 Å². The number of carbonyl (C=O) groups is 3. The molecule has 1 atom stereocenters. The fourth-order valence-electron chi connectivity index (χ4n) is 3.50. The first-order valence-corrected chi connectivity index (χ1v) is 9.70. The van der Waals surface area contributed by atoms with Crippen molar-refractivity contribution in [3.63, 3.8) is 0 Å². The molecule has 1 aromatic rings. The van der Waals surface area contributed by atoms with E-state index in [-0.39, 0.29) is 18.2 Å². The zero-order valence-corrected chi connectivity index (χ0v) is 16.5. The van der Waals surface area contributed by atoms with E-state index < -0.39 is 6.04 Å². The molecule has 0 radical (unpaired) electrons. The van der Waals surface area contributed by atoms with Crippen LogP contribution in [0.1, 0.15) is 42.6 Å². The lowest BCUT2D eigenvalue weighted by molar-refractivity contribution is -0.125. The number of anilines is 1. The summed E-state index contributed by atoms with van der Waals surface area (Å²) in [5.74, 6) is -0.364. The van der Waals surface area contributed by atoms with Crippen molar-refractivity contribution >= 4 is 23.8 Å². The van der Waals surface area contributed by atoms with Gasteiger partial charge in [0, 0.05) is 57.4 Å². The van der Waals surface area contributed by atoms with E-state index in [1.807, 2.05) is 32.0 Å². The second kappa shape index (κ2) is 10.1. The molecule has 7 heteroatoms. The molecule has 2 heterocycles.